The molecule has 5 rings (SSSR count). The highest BCUT2D eigenvalue weighted by Crippen LogP contribution is 2.43. The van der Waals surface area contributed by atoms with E-state index in [1.165, 1.54) is 24.3 Å². The first-order valence-corrected chi connectivity index (χ1v) is 11.7. The Hall–Kier alpha value is -4.08. The van der Waals surface area contributed by atoms with Crippen molar-refractivity contribution >= 4 is 48.5 Å². The van der Waals surface area contributed by atoms with Crippen molar-refractivity contribution in [3.8, 4) is 10.1 Å². The molecule has 0 aliphatic carbocycles. The molecule has 34 heavy (non-hydrogen) atoms. The summed E-state index contributed by atoms with van der Waals surface area (Å²) in [4.78, 5) is 38.0. The van der Waals surface area contributed by atoms with E-state index in [4.69, 9.17) is 0 Å². The minimum absolute atomic E-state index is 0.112. The third kappa shape index (κ3) is 3.51. The first-order valence-electron chi connectivity index (χ1n) is 10.1. The normalized spacial score (nSPS) is 11.3. The second-order valence-electron chi connectivity index (χ2n) is 7.58. The number of hydrogen-bond donors (Lipinski definition) is 2. The molecule has 7 nitrogen and oxygen atoms in total. The zero-order valence-electron chi connectivity index (χ0n) is 17.3. The van der Waals surface area contributed by atoms with Crippen LogP contribution in [-0.2, 0) is 0 Å². The van der Waals surface area contributed by atoms with Crippen molar-refractivity contribution in [3.05, 3.63) is 120 Å². The van der Waals surface area contributed by atoms with Crippen molar-refractivity contribution < 1.29 is 15.1 Å². The molecular weight excluding hydrogens is 474 g/mol. The maximum absolute atomic E-state index is 13.6. The lowest BCUT2D eigenvalue weighted by Gasteiger charge is -2.20. The molecule has 0 spiro atoms. The van der Waals surface area contributed by atoms with E-state index in [0.29, 0.717) is 20.2 Å². The summed E-state index contributed by atoms with van der Waals surface area (Å²) >= 11 is 1.93. The summed E-state index contributed by atoms with van der Waals surface area (Å²) in [6.07, 6.45) is 0. The van der Waals surface area contributed by atoms with Crippen LogP contribution in [0.1, 0.15) is 22.6 Å². The second kappa shape index (κ2) is 8.36. The van der Waals surface area contributed by atoms with E-state index in [2.05, 4.69) is 0 Å². The predicted molar refractivity (Wildman–Crippen MR) is 134 cm³/mol. The highest BCUT2D eigenvalue weighted by molar-refractivity contribution is 7.20. The molecule has 0 saturated carbocycles. The fourth-order valence-corrected chi connectivity index (χ4v) is 5.99. The SMILES string of the molecule is O=c1c(C(c2cccc([N+](=O)[O-])c2)c2c(O)sc3ccccc3c2=O)c(O)sc2ccccc12. The van der Waals surface area contributed by atoms with Crippen LogP contribution < -0.4 is 10.9 Å². The molecule has 3 aromatic carbocycles. The van der Waals surface area contributed by atoms with Crippen LogP contribution in [0.25, 0.3) is 20.2 Å². The third-order valence-electron chi connectivity index (χ3n) is 5.62. The van der Waals surface area contributed by atoms with Gasteiger partial charge in [-0.25, -0.2) is 0 Å². The van der Waals surface area contributed by atoms with Gasteiger partial charge in [0.25, 0.3) is 5.69 Å². The number of hydrogen-bond acceptors (Lipinski definition) is 8. The minimum atomic E-state index is -1.22. The molecule has 0 saturated heterocycles. The van der Waals surface area contributed by atoms with Gasteiger partial charge in [0.1, 0.15) is 0 Å². The van der Waals surface area contributed by atoms with Gasteiger partial charge in [0.2, 0.25) is 0 Å². The number of aromatic hydroxyl groups is 2. The van der Waals surface area contributed by atoms with E-state index in [1.807, 2.05) is 0 Å². The summed E-state index contributed by atoms with van der Waals surface area (Å²) < 4.78 is 1.11. The van der Waals surface area contributed by atoms with E-state index >= 15 is 0 Å². The average Bonchev–Trinajstić information content (AvgIpc) is 2.83. The van der Waals surface area contributed by atoms with Crippen LogP contribution in [0.2, 0.25) is 0 Å². The maximum atomic E-state index is 13.6. The summed E-state index contributed by atoms with van der Waals surface area (Å²) in [5.41, 5.74) is -1.26. The fraction of sp³-hybridized carbons (Fsp3) is 0.0400. The van der Waals surface area contributed by atoms with E-state index in [0.717, 1.165) is 22.7 Å². The molecule has 2 heterocycles. The van der Waals surface area contributed by atoms with E-state index in [9.17, 15) is 29.9 Å². The Morgan fingerprint density at radius 2 is 1.24 bits per heavy atom. The van der Waals surface area contributed by atoms with Gasteiger partial charge in [-0.3, -0.25) is 19.7 Å². The number of benzene rings is 3. The fourth-order valence-electron chi connectivity index (χ4n) is 4.09. The largest absolute Gasteiger partial charge is 0.499 e. The van der Waals surface area contributed by atoms with Gasteiger partial charge in [-0.15, -0.1) is 0 Å². The molecule has 2 N–H and O–H groups in total. The van der Waals surface area contributed by atoms with Crippen LogP contribution in [0, 0.1) is 10.1 Å². The highest BCUT2D eigenvalue weighted by Gasteiger charge is 2.31. The Morgan fingerprint density at radius 1 is 0.735 bits per heavy atom. The summed E-state index contributed by atoms with van der Waals surface area (Å²) in [5, 5.41) is 33.4. The Bertz CT molecular complexity index is 1620. The van der Waals surface area contributed by atoms with Crippen LogP contribution in [-0.4, -0.2) is 15.1 Å². The Kier molecular flexibility index (Phi) is 5.35. The maximum Gasteiger partial charge on any atom is 0.269 e. The third-order valence-corrected chi connectivity index (χ3v) is 7.60. The molecule has 0 amide bonds. The van der Waals surface area contributed by atoms with Crippen LogP contribution in [0.5, 0.6) is 10.1 Å². The average molecular weight is 490 g/mol. The molecule has 0 bridgehead atoms. The van der Waals surface area contributed by atoms with E-state index in [1.54, 1.807) is 48.5 Å². The highest BCUT2D eigenvalue weighted by atomic mass is 32.1. The van der Waals surface area contributed by atoms with Crippen LogP contribution in [0.4, 0.5) is 5.69 Å². The van der Waals surface area contributed by atoms with Gasteiger partial charge in [-0.2, -0.15) is 0 Å². The topological polar surface area (TPSA) is 118 Å². The monoisotopic (exact) mass is 489 g/mol. The molecule has 0 radical (unpaired) electrons. The molecule has 5 aromatic rings. The number of nitrogens with zero attached hydrogens (tertiary/aromatic N) is 1. The van der Waals surface area contributed by atoms with Crippen LogP contribution in [0.3, 0.4) is 0 Å². The molecular formula is C25H15NO6S2. The van der Waals surface area contributed by atoms with Gasteiger partial charge in [0.05, 0.1) is 22.0 Å². The smallest absolute Gasteiger partial charge is 0.269 e. The van der Waals surface area contributed by atoms with Crippen LogP contribution in [0.15, 0.2) is 82.4 Å². The molecule has 0 aliphatic heterocycles. The van der Waals surface area contributed by atoms with Crippen molar-refractivity contribution in [2.45, 2.75) is 5.92 Å². The zero-order chi connectivity index (χ0) is 24.0. The lowest BCUT2D eigenvalue weighted by Crippen LogP contribution is -2.21. The van der Waals surface area contributed by atoms with Crippen molar-refractivity contribution in [1.29, 1.82) is 0 Å². The zero-order valence-corrected chi connectivity index (χ0v) is 18.9. The molecule has 9 heteroatoms. The standard InChI is InChI=1S/C25H15NO6S2/c27-22-15-8-1-3-10-17(15)33-24(29)20(22)19(13-6-5-7-14(12-13)26(31)32)21-23(28)16-9-2-4-11-18(16)34-25(21)30/h1-12,19,29-30H. The number of non-ortho nitro benzene ring substituents is 1. The Labute approximate surface area is 199 Å². The van der Waals surface area contributed by atoms with Gasteiger partial charge in [-0.1, -0.05) is 59.1 Å². The minimum Gasteiger partial charge on any atom is -0.499 e. The van der Waals surface area contributed by atoms with Gasteiger partial charge < -0.3 is 10.2 Å². The van der Waals surface area contributed by atoms with Gasteiger partial charge in [0.15, 0.2) is 21.0 Å². The molecule has 0 atom stereocenters. The van der Waals surface area contributed by atoms with Gasteiger partial charge in [0, 0.05) is 32.3 Å². The first kappa shape index (κ1) is 21.7. The Morgan fingerprint density at radius 3 is 1.74 bits per heavy atom. The molecule has 0 fully saturated rings. The summed E-state index contributed by atoms with van der Waals surface area (Å²) in [6.45, 7) is 0. The van der Waals surface area contributed by atoms with Crippen molar-refractivity contribution in [2.24, 2.45) is 0 Å². The quantitative estimate of drug-likeness (QED) is 0.260. The summed E-state index contributed by atoms with van der Waals surface area (Å²) in [5.74, 6) is -1.22. The number of nitro benzene ring substituents is 1. The second-order valence-corrected chi connectivity index (χ2v) is 9.64. The van der Waals surface area contributed by atoms with Crippen molar-refractivity contribution in [3.63, 3.8) is 0 Å². The molecule has 2 aromatic heterocycles. The van der Waals surface area contributed by atoms with Crippen molar-refractivity contribution in [2.75, 3.05) is 0 Å². The van der Waals surface area contributed by atoms with Gasteiger partial charge in [-0.05, 0) is 29.8 Å². The lowest BCUT2D eigenvalue weighted by molar-refractivity contribution is -0.384. The molecule has 0 unspecified atom stereocenters. The lowest BCUT2D eigenvalue weighted by atomic mass is 9.85. The number of fused-ring (bicyclic) bond motifs is 2. The predicted octanol–water partition coefficient (Wildman–Crippen LogP) is 5.34. The van der Waals surface area contributed by atoms with Crippen molar-refractivity contribution in [1.82, 2.24) is 0 Å². The van der Waals surface area contributed by atoms with Gasteiger partial charge >= 0.3 is 0 Å². The summed E-state index contributed by atoms with van der Waals surface area (Å²) in [7, 11) is 0. The number of rotatable bonds is 4. The number of nitro groups is 1. The molecule has 168 valence electrons. The Balaban J connectivity index is 1.92. The van der Waals surface area contributed by atoms with E-state index in [-0.39, 0.29) is 32.5 Å². The molecule has 0 aliphatic rings. The van der Waals surface area contributed by atoms with E-state index < -0.39 is 21.7 Å². The van der Waals surface area contributed by atoms with Crippen LogP contribution >= 0.6 is 22.7 Å². The first-order chi connectivity index (χ1) is 16.4. The summed E-state index contributed by atoms with van der Waals surface area (Å²) in [6, 6.07) is 19.0.